The van der Waals surface area contributed by atoms with Gasteiger partial charge >= 0.3 is 0 Å². The third kappa shape index (κ3) is 5.71. The van der Waals surface area contributed by atoms with Crippen molar-refractivity contribution in [1.82, 2.24) is 10.6 Å². The summed E-state index contributed by atoms with van der Waals surface area (Å²) < 4.78 is 17.3. The molecule has 200 valence electrons. The van der Waals surface area contributed by atoms with E-state index >= 15 is 0 Å². The van der Waals surface area contributed by atoms with E-state index in [-0.39, 0.29) is 17.9 Å². The maximum Gasteiger partial charge on any atom is 0.240 e. The Labute approximate surface area is 220 Å². The van der Waals surface area contributed by atoms with Crippen molar-refractivity contribution in [2.24, 2.45) is 5.92 Å². The second-order valence-electron chi connectivity index (χ2n) is 9.44. The van der Waals surface area contributed by atoms with Crippen LogP contribution in [0, 0.1) is 5.92 Å². The molecule has 0 radical (unpaired) electrons. The largest absolute Gasteiger partial charge is 0.497 e. The van der Waals surface area contributed by atoms with Crippen LogP contribution in [0.1, 0.15) is 18.9 Å². The quantitative estimate of drug-likeness (QED) is 0.317. The van der Waals surface area contributed by atoms with Crippen LogP contribution < -0.4 is 15.4 Å². The molecule has 0 aliphatic carbocycles. The predicted octanol–water partition coefficient (Wildman–Crippen LogP) is 0.738. The molecule has 0 spiro atoms. The maximum atomic E-state index is 13.4. The molecular formula is C25H35ClN2O7S. The zero-order valence-electron chi connectivity index (χ0n) is 20.5. The molecule has 9 nitrogen and oxygen atoms in total. The molecular weight excluding hydrogens is 508 g/mol. The van der Waals surface area contributed by atoms with Crippen LogP contribution >= 0.6 is 23.4 Å². The lowest BCUT2D eigenvalue weighted by Crippen LogP contribution is -2.65. The van der Waals surface area contributed by atoms with Crippen LogP contribution in [0.3, 0.4) is 0 Å². The van der Waals surface area contributed by atoms with Gasteiger partial charge in [0, 0.05) is 12.5 Å². The van der Waals surface area contributed by atoms with Gasteiger partial charge in [-0.25, -0.2) is 0 Å². The zero-order valence-corrected chi connectivity index (χ0v) is 22.1. The van der Waals surface area contributed by atoms with E-state index in [0.717, 1.165) is 23.3 Å². The van der Waals surface area contributed by atoms with Gasteiger partial charge in [0.2, 0.25) is 5.91 Å². The number of nitrogens with one attached hydrogen (secondary N) is 2. The Kier molecular flexibility index (Phi) is 9.22. The molecule has 0 bridgehead atoms. The van der Waals surface area contributed by atoms with E-state index in [1.54, 1.807) is 20.3 Å². The lowest BCUT2D eigenvalue weighted by Gasteiger charge is -2.44. The van der Waals surface area contributed by atoms with E-state index in [0.29, 0.717) is 13.2 Å². The Morgan fingerprint density at radius 3 is 2.58 bits per heavy atom. The molecule has 3 aliphatic heterocycles. The van der Waals surface area contributed by atoms with Crippen LogP contribution in [0.15, 0.2) is 30.3 Å². The number of methoxy groups -OCH3 is 1. The van der Waals surface area contributed by atoms with Crippen molar-refractivity contribution in [3.63, 3.8) is 0 Å². The van der Waals surface area contributed by atoms with Crippen molar-refractivity contribution in [3.05, 3.63) is 35.9 Å². The smallest absolute Gasteiger partial charge is 0.240 e. The van der Waals surface area contributed by atoms with Crippen molar-refractivity contribution in [2.45, 2.75) is 66.8 Å². The van der Waals surface area contributed by atoms with Crippen LogP contribution in [-0.2, 0) is 14.3 Å². The molecule has 3 aliphatic rings. The number of carbonyl (C=O) groups excluding carboxylic acids is 1. The minimum absolute atomic E-state index is 0.00147. The van der Waals surface area contributed by atoms with Gasteiger partial charge in [0.05, 0.1) is 31.2 Å². The summed E-state index contributed by atoms with van der Waals surface area (Å²) in [6.45, 7) is 2.74. The Morgan fingerprint density at radius 2 is 1.94 bits per heavy atom. The van der Waals surface area contributed by atoms with Crippen LogP contribution in [-0.4, -0.2) is 101 Å². The van der Waals surface area contributed by atoms with Gasteiger partial charge in [-0.1, -0.05) is 18.2 Å². The molecule has 2 saturated heterocycles. The van der Waals surface area contributed by atoms with Crippen LogP contribution in [0.25, 0.3) is 5.57 Å². The number of hydrogen-bond donors (Lipinski definition) is 5. The van der Waals surface area contributed by atoms with E-state index in [9.17, 15) is 20.1 Å². The van der Waals surface area contributed by atoms with Gasteiger partial charge in [-0.15, -0.1) is 23.4 Å². The number of halogens is 1. The number of ether oxygens (including phenoxy) is 3. The summed E-state index contributed by atoms with van der Waals surface area (Å²) >= 11 is 7.62. The standard InChI is InChI=1S/C25H35ClN2O7S/c1-12(26)17(23-20(30)19(29)21(31)25(35-23)36-3)28-24(32)18-22-15(11-27-18)10-14(8-9-34-22)13-4-6-16(33-2)7-5-13/h4-7,10,12,15,17-23,25,27,29-31H,8-9,11H2,1-3H3,(H,28,32). The molecule has 2 fully saturated rings. The topological polar surface area (TPSA) is 130 Å². The zero-order chi connectivity index (χ0) is 26.0. The molecule has 10 atom stereocenters. The van der Waals surface area contributed by atoms with Gasteiger partial charge in [0.25, 0.3) is 0 Å². The number of fused-ring (bicyclic) bond motifs is 1. The second kappa shape index (κ2) is 12.0. The third-order valence-corrected chi connectivity index (χ3v) is 8.29. The van der Waals surface area contributed by atoms with Crippen molar-refractivity contribution in [2.75, 3.05) is 26.5 Å². The number of thioether (sulfide) groups is 1. The van der Waals surface area contributed by atoms with Gasteiger partial charge < -0.3 is 40.2 Å². The highest BCUT2D eigenvalue weighted by Gasteiger charge is 2.49. The Bertz CT molecular complexity index is 931. The minimum Gasteiger partial charge on any atom is -0.497 e. The average molecular weight is 543 g/mol. The molecule has 10 unspecified atom stereocenters. The second-order valence-corrected chi connectivity index (χ2v) is 11.1. The number of alkyl halides is 1. The van der Waals surface area contributed by atoms with Gasteiger partial charge in [-0.3, -0.25) is 4.79 Å². The van der Waals surface area contributed by atoms with Gasteiger partial charge in [0.15, 0.2) is 0 Å². The fourth-order valence-electron chi connectivity index (χ4n) is 5.13. The molecule has 11 heteroatoms. The number of aliphatic hydroxyl groups excluding tert-OH is 3. The van der Waals surface area contributed by atoms with E-state index < -0.39 is 47.3 Å². The molecule has 36 heavy (non-hydrogen) atoms. The number of carbonyl (C=O) groups is 1. The fraction of sp³-hybridized carbons (Fsp3) is 0.640. The Hall–Kier alpha value is -1.37. The summed E-state index contributed by atoms with van der Waals surface area (Å²) in [6, 6.07) is 6.47. The number of hydrogen-bond acceptors (Lipinski definition) is 9. The minimum atomic E-state index is -1.42. The van der Waals surface area contributed by atoms with Crippen molar-refractivity contribution < 1.29 is 34.3 Å². The highest BCUT2D eigenvalue weighted by molar-refractivity contribution is 7.99. The Morgan fingerprint density at radius 1 is 1.22 bits per heavy atom. The highest BCUT2D eigenvalue weighted by atomic mass is 35.5. The first-order valence-electron chi connectivity index (χ1n) is 12.1. The number of amides is 1. The molecule has 0 aromatic heterocycles. The van der Waals surface area contributed by atoms with E-state index in [4.69, 9.17) is 25.8 Å². The van der Waals surface area contributed by atoms with Crippen LogP contribution in [0.2, 0.25) is 0 Å². The van der Waals surface area contributed by atoms with Gasteiger partial charge in [-0.05, 0) is 42.9 Å². The number of rotatable bonds is 7. The first-order valence-corrected chi connectivity index (χ1v) is 13.8. The van der Waals surface area contributed by atoms with Crippen molar-refractivity contribution in [3.8, 4) is 5.75 Å². The molecule has 3 heterocycles. The third-order valence-electron chi connectivity index (χ3n) is 7.16. The van der Waals surface area contributed by atoms with Crippen LogP contribution in [0.4, 0.5) is 0 Å². The van der Waals surface area contributed by atoms with Crippen molar-refractivity contribution in [1.29, 1.82) is 0 Å². The van der Waals surface area contributed by atoms with E-state index in [2.05, 4.69) is 16.7 Å². The monoisotopic (exact) mass is 542 g/mol. The highest BCUT2D eigenvalue weighted by Crippen LogP contribution is 2.33. The molecule has 5 N–H and O–H groups in total. The number of benzene rings is 1. The summed E-state index contributed by atoms with van der Waals surface area (Å²) in [5.41, 5.74) is 1.50. The molecule has 4 rings (SSSR count). The maximum absolute atomic E-state index is 13.4. The van der Waals surface area contributed by atoms with Crippen LogP contribution in [0.5, 0.6) is 5.75 Å². The van der Waals surface area contributed by atoms with E-state index in [1.165, 1.54) is 11.8 Å². The molecule has 1 aromatic carbocycles. The summed E-state index contributed by atoms with van der Waals surface area (Å²) in [5, 5.41) is 36.7. The lowest BCUT2D eigenvalue weighted by atomic mass is 9.92. The summed E-state index contributed by atoms with van der Waals surface area (Å²) in [5.74, 6) is 0.474. The van der Waals surface area contributed by atoms with Gasteiger partial charge in [0.1, 0.15) is 41.6 Å². The normalized spacial score (nSPS) is 36.2. The van der Waals surface area contributed by atoms with Crippen molar-refractivity contribution >= 4 is 34.8 Å². The molecule has 1 amide bonds. The SMILES string of the molecule is COc1ccc(C2=CC3CNC(C(=O)NC(C(C)Cl)C4OC(SC)C(O)C(O)C4O)C3OCC2)cc1. The van der Waals surface area contributed by atoms with E-state index in [1.807, 2.05) is 24.3 Å². The summed E-state index contributed by atoms with van der Waals surface area (Å²) in [6.07, 6.45) is -0.811. The average Bonchev–Trinajstić information content (AvgIpc) is 3.16. The lowest BCUT2D eigenvalue weighted by molar-refractivity contribution is -0.205. The molecule has 0 saturated carbocycles. The Balaban J connectivity index is 1.47. The summed E-state index contributed by atoms with van der Waals surface area (Å²) in [4.78, 5) is 13.4. The predicted molar refractivity (Wildman–Crippen MR) is 138 cm³/mol. The number of aliphatic hydroxyl groups is 3. The summed E-state index contributed by atoms with van der Waals surface area (Å²) in [7, 11) is 1.64. The molecule has 1 aromatic rings. The fourth-order valence-corrected chi connectivity index (χ4v) is 6.01. The first-order chi connectivity index (χ1) is 17.2. The van der Waals surface area contributed by atoms with Gasteiger partial charge in [-0.2, -0.15) is 0 Å². The first kappa shape index (κ1) is 27.7.